The number of aliphatic hydroxyl groups excluding tert-OH is 1. The number of esters is 1. The maximum atomic E-state index is 13.7. The van der Waals surface area contributed by atoms with E-state index in [1.165, 1.54) is 13.3 Å². The number of imidazole rings is 1. The summed E-state index contributed by atoms with van der Waals surface area (Å²) in [6.45, 7) is 3.83. The number of ether oxygens (including phenoxy) is 3. The summed E-state index contributed by atoms with van der Waals surface area (Å²) in [6, 6.07) is 7.64. The Morgan fingerprint density at radius 1 is 1.17 bits per heavy atom. The van der Waals surface area contributed by atoms with Crippen LogP contribution in [-0.2, 0) is 30.1 Å². The van der Waals surface area contributed by atoms with Crippen molar-refractivity contribution < 1.29 is 33.2 Å². The van der Waals surface area contributed by atoms with Crippen LogP contribution < -0.4 is 15.3 Å². The molecule has 0 saturated heterocycles. The minimum Gasteiger partial charge on any atom is -0.462 e. The van der Waals surface area contributed by atoms with Crippen molar-refractivity contribution in [2.24, 2.45) is 0 Å². The fraction of sp³-hybridized carbons (Fsp3) is 0.455. The van der Waals surface area contributed by atoms with E-state index in [9.17, 15) is 9.36 Å². The molecule has 0 spiro atoms. The Morgan fingerprint density at radius 2 is 1.94 bits per heavy atom. The number of benzene rings is 1. The van der Waals surface area contributed by atoms with Gasteiger partial charge in [-0.25, -0.2) is 20.0 Å². The number of carbonyl (C=O) groups is 1. The van der Waals surface area contributed by atoms with Gasteiger partial charge in [0, 0.05) is 0 Å². The molecule has 0 radical (unpaired) electrons. The summed E-state index contributed by atoms with van der Waals surface area (Å²) in [5.74, 6) is 0.00291. The number of aliphatic hydroxyl groups is 1. The molecule has 0 amide bonds. The first-order valence-electron chi connectivity index (χ1n) is 11.3. The second-order valence-corrected chi connectivity index (χ2v) is 9.91. The van der Waals surface area contributed by atoms with Crippen LogP contribution in [0.25, 0.3) is 11.2 Å². The van der Waals surface area contributed by atoms with E-state index in [1.807, 2.05) is 0 Å². The van der Waals surface area contributed by atoms with Crippen LogP contribution in [0.3, 0.4) is 0 Å². The van der Waals surface area contributed by atoms with Crippen LogP contribution in [-0.4, -0.2) is 75.5 Å². The van der Waals surface area contributed by atoms with Gasteiger partial charge >= 0.3 is 13.5 Å². The lowest BCUT2D eigenvalue weighted by Gasteiger charge is -2.25. The molecule has 36 heavy (non-hydrogen) atoms. The molecule has 0 bridgehead atoms. The van der Waals surface area contributed by atoms with Gasteiger partial charge in [-0.05, 0) is 26.0 Å². The third kappa shape index (κ3) is 7.97. The van der Waals surface area contributed by atoms with Crippen LogP contribution in [0.5, 0.6) is 5.75 Å². The molecule has 0 aliphatic carbocycles. The Bertz CT molecular complexity index is 1160. The number of para-hydroxylation sites is 1. The summed E-state index contributed by atoms with van der Waals surface area (Å²) in [6.07, 6.45) is 2.20. The number of anilines is 1. The summed E-state index contributed by atoms with van der Waals surface area (Å²) in [5.41, 5.74) is 6.88. The van der Waals surface area contributed by atoms with Gasteiger partial charge in [0.15, 0.2) is 11.5 Å². The van der Waals surface area contributed by atoms with Crippen molar-refractivity contribution in [1.82, 2.24) is 24.6 Å². The van der Waals surface area contributed by atoms with Gasteiger partial charge in [-0.2, -0.15) is 0 Å². The van der Waals surface area contributed by atoms with Gasteiger partial charge in [-0.15, -0.1) is 0 Å². The third-order valence-electron chi connectivity index (χ3n) is 4.86. The Labute approximate surface area is 208 Å². The van der Waals surface area contributed by atoms with Crippen molar-refractivity contribution in [3.8, 4) is 5.75 Å². The number of carbonyl (C=O) groups excluding carboxylic acids is 1. The minimum atomic E-state index is -3.71. The zero-order chi connectivity index (χ0) is 26.0. The fourth-order valence-electron chi connectivity index (χ4n) is 3.17. The first-order valence-corrected chi connectivity index (χ1v) is 13.1. The maximum Gasteiger partial charge on any atom is 0.342 e. The van der Waals surface area contributed by atoms with Crippen molar-refractivity contribution in [2.45, 2.75) is 32.5 Å². The standard InChI is InChI=1S/C22H31N6O7P/c1-16(12-28-14-26-19-20(23)24-13-25-21(19)28)34-15-36(31,35-18-6-4-3-5-7-18)27-17(2)22(30)33-11-10-32-9-8-29/h3-7,13-14,16-17,29H,8-12,15H2,1-2H3,(H,27,31)(H2,23,24,25)/t16-,17+,36?/m1/s1. The highest BCUT2D eigenvalue weighted by molar-refractivity contribution is 7.57. The van der Waals surface area contributed by atoms with Gasteiger partial charge in [0.1, 0.15) is 36.6 Å². The fourth-order valence-corrected chi connectivity index (χ4v) is 4.96. The smallest absolute Gasteiger partial charge is 0.342 e. The predicted octanol–water partition coefficient (Wildman–Crippen LogP) is 1.57. The molecule has 2 heterocycles. The quantitative estimate of drug-likeness (QED) is 0.150. The Kier molecular flexibility index (Phi) is 10.1. The van der Waals surface area contributed by atoms with Gasteiger partial charge in [-0.3, -0.25) is 9.36 Å². The van der Waals surface area contributed by atoms with Gasteiger partial charge < -0.3 is 34.1 Å². The largest absolute Gasteiger partial charge is 0.462 e. The van der Waals surface area contributed by atoms with Crippen LogP contribution in [0, 0.1) is 0 Å². The molecule has 1 unspecified atom stereocenters. The Balaban J connectivity index is 1.62. The number of rotatable bonds is 15. The second-order valence-electron chi connectivity index (χ2n) is 7.87. The molecule has 0 aliphatic heterocycles. The number of aromatic nitrogens is 4. The molecule has 0 fully saturated rings. The van der Waals surface area contributed by atoms with Gasteiger partial charge in [0.25, 0.3) is 0 Å². The summed E-state index contributed by atoms with van der Waals surface area (Å²) in [7, 11) is -3.71. The van der Waals surface area contributed by atoms with Gasteiger partial charge in [-0.1, -0.05) is 18.2 Å². The lowest BCUT2D eigenvalue weighted by Crippen LogP contribution is -2.36. The molecule has 3 rings (SSSR count). The van der Waals surface area contributed by atoms with E-state index >= 15 is 0 Å². The first kappa shape index (κ1) is 27.5. The highest BCUT2D eigenvalue weighted by atomic mass is 31.2. The zero-order valence-corrected chi connectivity index (χ0v) is 21.0. The molecule has 1 aromatic carbocycles. The lowest BCUT2D eigenvalue weighted by molar-refractivity contribution is -0.146. The van der Waals surface area contributed by atoms with E-state index in [0.29, 0.717) is 23.5 Å². The summed E-state index contributed by atoms with van der Waals surface area (Å²) < 4.78 is 37.3. The zero-order valence-electron chi connectivity index (χ0n) is 20.1. The van der Waals surface area contributed by atoms with Crippen LogP contribution in [0.15, 0.2) is 43.0 Å². The van der Waals surface area contributed by atoms with E-state index < -0.39 is 25.6 Å². The summed E-state index contributed by atoms with van der Waals surface area (Å²) in [5, 5.41) is 11.5. The van der Waals surface area contributed by atoms with Gasteiger partial charge in [0.05, 0.1) is 38.8 Å². The first-order chi connectivity index (χ1) is 17.3. The predicted molar refractivity (Wildman–Crippen MR) is 131 cm³/mol. The molecule has 0 aliphatic rings. The SMILES string of the molecule is C[C@H](Cn1cnc2c(N)ncnc21)OCP(=O)(N[C@@H](C)C(=O)OCCOCCO)Oc1ccccc1. The second kappa shape index (κ2) is 13.3. The number of nitrogens with zero attached hydrogens (tertiary/aromatic N) is 4. The Hall–Kier alpha value is -3.09. The summed E-state index contributed by atoms with van der Waals surface area (Å²) >= 11 is 0. The third-order valence-corrected chi connectivity index (χ3v) is 6.64. The van der Waals surface area contributed by atoms with Crippen molar-refractivity contribution in [1.29, 1.82) is 0 Å². The number of nitrogens with two attached hydrogens (primary N) is 1. The Morgan fingerprint density at radius 3 is 2.69 bits per heavy atom. The lowest BCUT2D eigenvalue weighted by atomic mass is 10.3. The van der Waals surface area contributed by atoms with E-state index in [4.69, 9.17) is 29.6 Å². The number of hydrogen-bond acceptors (Lipinski definition) is 11. The minimum absolute atomic E-state index is 0.00480. The molecule has 2 aromatic heterocycles. The van der Waals surface area contributed by atoms with Crippen LogP contribution in [0.4, 0.5) is 5.82 Å². The van der Waals surface area contributed by atoms with Crippen LogP contribution >= 0.6 is 7.52 Å². The van der Waals surface area contributed by atoms with Gasteiger partial charge in [0.2, 0.25) is 0 Å². The monoisotopic (exact) mass is 522 g/mol. The molecular weight excluding hydrogens is 491 g/mol. The molecule has 3 atom stereocenters. The van der Waals surface area contributed by atoms with Crippen molar-refractivity contribution in [3.63, 3.8) is 0 Å². The average molecular weight is 522 g/mol. The highest BCUT2D eigenvalue weighted by Crippen LogP contribution is 2.44. The van der Waals surface area contributed by atoms with E-state index in [1.54, 1.807) is 48.1 Å². The maximum absolute atomic E-state index is 13.7. The molecule has 14 heteroatoms. The van der Waals surface area contributed by atoms with Crippen molar-refractivity contribution in [2.75, 3.05) is 38.5 Å². The molecule has 196 valence electrons. The van der Waals surface area contributed by atoms with Crippen molar-refractivity contribution in [3.05, 3.63) is 43.0 Å². The van der Waals surface area contributed by atoms with Crippen molar-refractivity contribution >= 4 is 30.5 Å². The normalized spacial score (nSPS) is 14.8. The molecule has 0 saturated carbocycles. The molecule has 3 aromatic rings. The number of nitrogens with one attached hydrogen (secondary N) is 1. The van der Waals surface area contributed by atoms with E-state index in [-0.39, 0.29) is 38.6 Å². The summed E-state index contributed by atoms with van der Waals surface area (Å²) in [4.78, 5) is 24.7. The van der Waals surface area contributed by atoms with Crippen LogP contribution in [0.1, 0.15) is 13.8 Å². The van der Waals surface area contributed by atoms with E-state index in [2.05, 4.69) is 20.0 Å². The number of fused-ring (bicyclic) bond motifs is 1. The number of hydrogen-bond donors (Lipinski definition) is 3. The topological polar surface area (TPSA) is 173 Å². The average Bonchev–Trinajstić information content (AvgIpc) is 3.27. The molecular formula is C22H31N6O7P. The molecule has 4 N–H and O–H groups in total. The van der Waals surface area contributed by atoms with Crippen LogP contribution in [0.2, 0.25) is 0 Å². The number of nitrogen functional groups attached to an aromatic ring is 1. The highest BCUT2D eigenvalue weighted by Gasteiger charge is 2.31. The molecule has 13 nitrogen and oxygen atoms in total. The van der Waals surface area contributed by atoms with E-state index in [0.717, 1.165) is 0 Å².